The summed E-state index contributed by atoms with van der Waals surface area (Å²) in [5.41, 5.74) is 0.704. The second-order valence-corrected chi connectivity index (χ2v) is 7.34. The van der Waals surface area contributed by atoms with Crippen LogP contribution >= 0.6 is 22.9 Å². The number of nitrogens with zero attached hydrogens (tertiary/aromatic N) is 2. The highest BCUT2D eigenvalue weighted by atomic mass is 35.5. The Morgan fingerprint density at radius 2 is 1.86 bits per heavy atom. The molecule has 0 saturated heterocycles. The van der Waals surface area contributed by atoms with Crippen LogP contribution in [0.4, 0.5) is 4.39 Å². The number of hydrogen-bond donors (Lipinski definition) is 0. The summed E-state index contributed by atoms with van der Waals surface area (Å²) in [6.07, 6.45) is 0. The third-order valence-electron chi connectivity index (χ3n) is 4.27. The minimum Gasteiger partial charge on any atom is -0.289 e. The van der Waals surface area contributed by atoms with Gasteiger partial charge in [-0.15, -0.1) is 11.3 Å². The molecule has 0 amide bonds. The molecule has 0 fully saturated rings. The van der Waals surface area contributed by atoms with Crippen LogP contribution in [0.15, 0.2) is 65.5 Å². The highest BCUT2D eigenvalue weighted by molar-refractivity contribution is 7.19. The maximum absolute atomic E-state index is 13.5. The molecule has 2 aromatic carbocycles. The lowest BCUT2D eigenvalue weighted by Crippen LogP contribution is -2.16. The van der Waals surface area contributed by atoms with Crippen LogP contribution in [0.25, 0.3) is 15.9 Å². The number of halogens is 2. The van der Waals surface area contributed by atoms with Gasteiger partial charge in [-0.3, -0.25) is 14.2 Å². The molecule has 0 atom stereocenters. The van der Waals surface area contributed by atoms with Crippen molar-refractivity contribution in [1.29, 1.82) is 5.26 Å². The van der Waals surface area contributed by atoms with Gasteiger partial charge in [0.1, 0.15) is 21.6 Å². The summed E-state index contributed by atoms with van der Waals surface area (Å²) in [5.74, 6) is -1.09. The van der Waals surface area contributed by atoms with Gasteiger partial charge in [0.25, 0.3) is 5.56 Å². The summed E-state index contributed by atoms with van der Waals surface area (Å²) >= 11 is 6.87. The third-order valence-corrected chi connectivity index (χ3v) is 5.65. The zero-order valence-corrected chi connectivity index (χ0v) is 15.7. The predicted octanol–water partition coefficient (Wildman–Crippen LogP) is 4.95. The number of aromatic nitrogens is 1. The van der Waals surface area contributed by atoms with Gasteiger partial charge >= 0.3 is 0 Å². The van der Waals surface area contributed by atoms with Crippen LogP contribution in [-0.2, 0) is 0 Å². The van der Waals surface area contributed by atoms with Crippen LogP contribution in [-0.4, -0.2) is 10.4 Å². The average molecular weight is 409 g/mol. The van der Waals surface area contributed by atoms with E-state index in [0.717, 1.165) is 17.4 Å². The summed E-state index contributed by atoms with van der Waals surface area (Å²) in [6, 6.07) is 17.6. The van der Waals surface area contributed by atoms with Gasteiger partial charge < -0.3 is 0 Å². The maximum atomic E-state index is 13.5. The lowest BCUT2D eigenvalue weighted by atomic mass is 10.0. The normalized spacial score (nSPS) is 10.8. The predicted molar refractivity (Wildman–Crippen MR) is 107 cm³/mol. The van der Waals surface area contributed by atoms with Gasteiger partial charge in [0.2, 0.25) is 0 Å². The lowest BCUT2D eigenvalue weighted by molar-refractivity contribution is 0.104. The summed E-state index contributed by atoms with van der Waals surface area (Å²) < 4.78 is 14.9. The highest BCUT2D eigenvalue weighted by Crippen LogP contribution is 2.33. The first kappa shape index (κ1) is 18.1. The number of fused-ring (bicyclic) bond motifs is 1. The first-order valence-corrected chi connectivity index (χ1v) is 9.34. The van der Waals surface area contributed by atoms with Crippen LogP contribution in [0.3, 0.4) is 0 Å². The molecule has 28 heavy (non-hydrogen) atoms. The Morgan fingerprint density at radius 1 is 1.11 bits per heavy atom. The summed E-state index contributed by atoms with van der Waals surface area (Å²) in [4.78, 5) is 26.3. The Kier molecular flexibility index (Phi) is 4.55. The number of para-hydroxylation sites is 1. The van der Waals surface area contributed by atoms with E-state index < -0.39 is 11.6 Å². The number of nitriles is 1. The van der Waals surface area contributed by atoms with E-state index in [4.69, 9.17) is 11.6 Å². The lowest BCUT2D eigenvalue weighted by Gasteiger charge is -2.07. The number of carbonyl (C=O) groups excluding carboxylic acids is 1. The van der Waals surface area contributed by atoms with E-state index in [1.165, 1.54) is 28.8 Å². The largest absolute Gasteiger partial charge is 0.289 e. The fourth-order valence-electron chi connectivity index (χ4n) is 2.99. The van der Waals surface area contributed by atoms with Crippen molar-refractivity contribution in [1.82, 2.24) is 4.57 Å². The molecule has 2 heterocycles. The van der Waals surface area contributed by atoms with E-state index >= 15 is 0 Å². The SMILES string of the molecule is N#Cc1sc2c(ccc(=O)n2-c2ccccc2)c1C(=O)c1ccc(F)c(Cl)c1. The van der Waals surface area contributed by atoms with Gasteiger partial charge in [0.05, 0.1) is 16.3 Å². The number of benzene rings is 2. The molecule has 136 valence electrons. The van der Waals surface area contributed by atoms with Gasteiger partial charge in [-0.25, -0.2) is 4.39 Å². The standard InChI is InChI=1S/C21H10ClFN2O2S/c22-15-10-12(6-8-16(15)23)20(27)19-14-7-9-18(26)25(13-4-2-1-3-5-13)21(14)28-17(19)11-24/h1-10H. The summed E-state index contributed by atoms with van der Waals surface area (Å²) in [7, 11) is 0. The minimum absolute atomic E-state index is 0.167. The van der Waals surface area contributed by atoms with E-state index in [1.54, 1.807) is 24.3 Å². The molecule has 0 aliphatic rings. The molecule has 4 nitrogen and oxygen atoms in total. The Labute approximate surface area is 167 Å². The van der Waals surface area contributed by atoms with Crippen molar-refractivity contribution in [2.24, 2.45) is 0 Å². The maximum Gasteiger partial charge on any atom is 0.256 e. The number of rotatable bonds is 3. The smallest absolute Gasteiger partial charge is 0.256 e. The number of ketones is 1. The van der Waals surface area contributed by atoms with Crippen molar-refractivity contribution in [3.05, 3.63) is 97.9 Å². The molecule has 2 aromatic heterocycles. The number of thiophene rings is 1. The second-order valence-electron chi connectivity index (χ2n) is 5.94. The van der Waals surface area contributed by atoms with Gasteiger partial charge in [-0.1, -0.05) is 29.8 Å². The van der Waals surface area contributed by atoms with Crippen molar-refractivity contribution in [2.45, 2.75) is 0 Å². The number of carbonyl (C=O) groups is 1. The molecule has 4 rings (SSSR count). The van der Waals surface area contributed by atoms with Gasteiger partial charge in [0, 0.05) is 17.0 Å². The van der Waals surface area contributed by atoms with Crippen molar-refractivity contribution in [3.63, 3.8) is 0 Å². The third kappa shape index (κ3) is 2.91. The Hall–Kier alpha value is -3.27. The van der Waals surface area contributed by atoms with Gasteiger partial charge in [0.15, 0.2) is 5.78 Å². The number of hydrogen-bond acceptors (Lipinski definition) is 4. The molecule has 4 aromatic rings. The van der Waals surface area contributed by atoms with Gasteiger partial charge in [-0.2, -0.15) is 5.26 Å². The molecule has 0 radical (unpaired) electrons. The summed E-state index contributed by atoms with van der Waals surface area (Å²) in [6.45, 7) is 0. The molecular weight excluding hydrogens is 399 g/mol. The van der Waals surface area contributed by atoms with Crippen LogP contribution in [0.5, 0.6) is 0 Å². The van der Waals surface area contributed by atoms with E-state index in [9.17, 15) is 19.2 Å². The quantitative estimate of drug-likeness (QED) is 0.451. The Bertz CT molecular complexity index is 1340. The summed E-state index contributed by atoms with van der Waals surface area (Å²) in [5, 5.41) is 9.89. The molecule has 7 heteroatoms. The molecule has 0 N–H and O–H groups in total. The van der Waals surface area contributed by atoms with Crippen molar-refractivity contribution in [2.75, 3.05) is 0 Å². The van der Waals surface area contributed by atoms with Crippen LogP contribution < -0.4 is 5.56 Å². The topological polar surface area (TPSA) is 62.9 Å². The zero-order valence-electron chi connectivity index (χ0n) is 14.1. The second kappa shape index (κ2) is 7.04. The van der Waals surface area contributed by atoms with Gasteiger partial charge in [-0.05, 0) is 36.4 Å². The average Bonchev–Trinajstić information content (AvgIpc) is 3.08. The first-order chi connectivity index (χ1) is 13.5. The van der Waals surface area contributed by atoms with E-state index in [0.29, 0.717) is 15.9 Å². The molecule has 0 saturated carbocycles. The molecule has 0 aliphatic carbocycles. The monoisotopic (exact) mass is 408 g/mol. The molecule has 0 unspecified atom stereocenters. The highest BCUT2D eigenvalue weighted by Gasteiger charge is 2.23. The molecular formula is C21H10ClFN2O2S. The van der Waals surface area contributed by atoms with Crippen molar-refractivity contribution < 1.29 is 9.18 Å². The molecule has 0 bridgehead atoms. The Balaban J connectivity index is 2.00. The van der Waals surface area contributed by atoms with E-state index in [1.807, 2.05) is 12.1 Å². The minimum atomic E-state index is -0.633. The Morgan fingerprint density at radius 3 is 2.54 bits per heavy atom. The van der Waals surface area contributed by atoms with E-state index in [-0.39, 0.29) is 26.6 Å². The first-order valence-electron chi connectivity index (χ1n) is 8.15. The molecule has 0 aliphatic heterocycles. The zero-order chi connectivity index (χ0) is 19.8. The van der Waals surface area contributed by atoms with Crippen LogP contribution in [0.1, 0.15) is 20.8 Å². The van der Waals surface area contributed by atoms with Crippen molar-refractivity contribution >= 4 is 38.9 Å². The fraction of sp³-hybridized carbons (Fsp3) is 0. The molecule has 0 spiro atoms. The van der Waals surface area contributed by atoms with Crippen LogP contribution in [0.2, 0.25) is 5.02 Å². The van der Waals surface area contributed by atoms with Crippen LogP contribution in [0, 0.1) is 17.1 Å². The fourth-order valence-corrected chi connectivity index (χ4v) is 4.28. The van der Waals surface area contributed by atoms with E-state index in [2.05, 4.69) is 0 Å². The van der Waals surface area contributed by atoms with Crippen molar-refractivity contribution in [3.8, 4) is 11.8 Å². The number of pyridine rings is 1.